The number of carbonyl (C=O) groups is 1. The number of hydrogen-bond donors (Lipinski definition) is 0. The first-order chi connectivity index (χ1) is 16.2. The first kappa shape index (κ1) is 25.3. The molecule has 0 unspecified atom stereocenters. The molecule has 1 fully saturated rings. The molecule has 3 heteroatoms. The van der Waals surface area contributed by atoms with Crippen LogP contribution in [-0.4, -0.2) is 12.6 Å². The maximum atomic E-state index is 12.5. The Balaban J connectivity index is 1.38. The minimum absolute atomic E-state index is 0.317. The van der Waals surface area contributed by atoms with E-state index in [1.807, 2.05) is 24.3 Å². The molecule has 0 radical (unpaired) electrons. The molecule has 3 rings (SSSR count). The molecule has 0 spiro atoms. The van der Waals surface area contributed by atoms with Gasteiger partial charge in [-0.3, -0.25) is 0 Å². The van der Waals surface area contributed by atoms with Crippen LogP contribution in [0.3, 0.4) is 0 Å². The van der Waals surface area contributed by atoms with Crippen LogP contribution >= 0.6 is 0 Å². The summed E-state index contributed by atoms with van der Waals surface area (Å²) in [6.07, 6.45) is 15.7. The highest BCUT2D eigenvalue weighted by Gasteiger charge is 2.20. The lowest BCUT2D eigenvalue weighted by atomic mass is 9.78. The fourth-order valence-corrected chi connectivity index (χ4v) is 4.77. The fourth-order valence-electron chi connectivity index (χ4n) is 4.77. The van der Waals surface area contributed by atoms with Gasteiger partial charge in [0.15, 0.2) is 0 Å². The zero-order valence-electron chi connectivity index (χ0n) is 20.7. The second kappa shape index (κ2) is 14.1. The normalized spacial score (nSPS) is 18.1. The van der Waals surface area contributed by atoms with Crippen molar-refractivity contribution in [2.45, 2.75) is 90.9 Å². The molecule has 0 heterocycles. The van der Waals surface area contributed by atoms with Crippen LogP contribution in [0.2, 0.25) is 0 Å². The van der Waals surface area contributed by atoms with Gasteiger partial charge in [-0.2, -0.15) is 0 Å². The molecule has 1 aliphatic carbocycles. The third-order valence-electron chi connectivity index (χ3n) is 7.01. The van der Waals surface area contributed by atoms with E-state index < -0.39 is 0 Å². The third-order valence-corrected chi connectivity index (χ3v) is 7.01. The van der Waals surface area contributed by atoms with Crippen LogP contribution in [0.4, 0.5) is 0 Å². The number of aryl methyl sites for hydroxylation is 1. The van der Waals surface area contributed by atoms with Gasteiger partial charge >= 0.3 is 5.97 Å². The summed E-state index contributed by atoms with van der Waals surface area (Å²) in [7, 11) is 0. The number of unbranched alkanes of at least 4 members (excludes halogenated alkanes) is 3. The van der Waals surface area contributed by atoms with Crippen molar-refractivity contribution in [3.8, 4) is 11.5 Å². The molecule has 1 saturated carbocycles. The predicted octanol–water partition coefficient (Wildman–Crippen LogP) is 8.40. The van der Waals surface area contributed by atoms with E-state index in [0.717, 1.165) is 36.8 Å². The van der Waals surface area contributed by atoms with Gasteiger partial charge in [-0.25, -0.2) is 4.79 Å². The van der Waals surface area contributed by atoms with Gasteiger partial charge in [0, 0.05) is 0 Å². The Labute approximate surface area is 200 Å². The van der Waals surface area contributed by atoms with Crippen LogP contribution in [0.5, 0.6) is 11.5 Å². The molecule has 1 aliphatic rings. The first-order valence-electron chi connectivity index (χ1n) is 13.2. The van der Waals surface area contributed by atoms with Crippen molar-refractivity contribution >= 4 is 5.97 Å². The van der Waals surface area contributed by atoms with Crippen molar-refractivity contribution in [2.24, 2.45) is 11.8 Å². The van der Waals surface area contributed by atoms with Gasteiger partial charge in [0.05, 0.1) is 12.2 Å². The van der Waals surface area contributed by atoms with Gasteiger partial charge in [0.1, 0.15) is 11.5 Å². The topological polar surface area (TPSA) is 35.5 Å². The Hall–Kier alpha value is -2.29. The van der Waals surface area contributed by atoms with Crippen LogP contribution in [0.1, 0.15) is 100 Å². The largest absolute Gasteiger partial charge is 0.494 e. The van der Waals surface area contributed by atoms with Crippen molar-refractivity contribution in [1.82, 2.24) is 0 Å². The average Bonchev–Trinajstić information content (AvgIpc) is 2.85. The molecule has 0 amide bonds. The molecular weight excluding hydrogens is 408 g/mol. The molecule has 2 aromatic rings. The Morgan fingerprint density at radius 2 is 1.36 bits per heavy atom. The van der Waals surface area contributed by atoms with Gasteiger partial charge in [0.2, 0.25) is 0 Å². The lowest BCUT2D eigenvalue weighted by Gasteiger charge is -2.28. The highest BCUT2D eigenvalue weighted by molar-refractivity contribution is 5.91. The Morgan fingerprint density at radius 3 is 2.00 bits per heavy atom. The Kier molecular flexibility index (Phi) is 10.8. The van der Waals surface area contributed by atoms with Gasteiger partial charge in [-0.1, -0.05) is 83.8 Å². The molecule has 0 saturated heterocycles. The molecule has 3 nitrogen and oxygen atoms in total. The molecule has 33 heavy (non-hydrogen) atoms. The third kappa shape index (κ3) is 8.87. The zero-order chi connectivity index (χ0) is 23.3. The molecule has 180 valence electrons. The second-order valence-electron chi connectivity index (χ2n) is 9.68. The zero-order valence-corrected chi connectivity index (χ0v) is 20.7. The summed E-state index contributed by atoms with van der Waals surface area (Å²) in [5, 5.41) is 0. The van der Waals surface area contributed by atoms with Crippen molar-refractivity contribution in [2.75, 3.05) is 6.61 Å². The Morgan fingerprint density at radius 1 is 0.758 bits per heavy atom. The van der Waals surface area contributed by atoms with Crippen molar-refractivity contribution in [3.63, 3.8) is 0 Å². The average molecular weight is 451 g/mol. The summed E-state index contributed by atoms with van der Waals surface area (Å²) in [5.74, 6) is 2.87. The summed E-state index contributed by atoms with van der Waals surface area (Å²) in [4.78, 5) is 12.5. The molecule has 0 N–H and O–H groups in total. The number of carbonyl (C=O) groups excluding carboxylic acids is 1. The highest BCUT2D eigenvalue weighted by atomic mass is 16.5. The van der Waals surface area contributed by atoms with Crippen molar-refractivity contribution in [3.05, 3.63) is 59.7 Å². The van der Waals surface area contributed by atoms with Crippen LogP contribution in [0.25, 0.3) is 0 Å². The molecule has 0 bridgehead atoms. The highest BCUT2D eigenvalue weighted by Crippen LogP contribution is 2.34. The van der Waals surface area contributed by atoms with Crippen LogP contribution < -0.4 is 9.47 Å². The van der Waals surface area contributed by atoms with E-state index in [2.05, 4.69) is 26.0 Å². The van der Waals surface area contributed by atoms with E-state index in [0.29, 0.717) is 17.9 Å². The van der Waals surface area contributed by atoms with Crippen LogP contribution in [0, 0.1) is 11.8 Å². The van der Waals surface area contributed by atoms with E-state index in [9.17, 15) is 4.79 Å². The van der Waals surface area contributed by atoms with E-state index in [4.69, 9.17) is 9.47 Å². The molecule has 0 aromatic heterocycles. The van der Waals surface area contributed by atoms with E-state index in [1.165, 1.54) is 63.4 Å². The smallest absolute Gasteiger partial charge is 0.343 e. The van der Waals surface area contributed by atoms with Crippen molar-refractivity contribution in [1.29, 1.82) is 0 Å². The first-order valence-corrected chi connectivity index (χ1v) is 13.2. The molecule has 0 atom stereocenters. The van der Waals surface area contributed by atoms with E-state index in [-0.39, 0.29) is 5.97 Å². The standard InChI is InChI=1S/C30H42O3/c1-3-5-7-8-24-9-11-25(12-10-24)13-14-26-15-17-27(18-16-26)30(31)33-29-21-19-28(20-22-29)32-23-6-4-2/h15-22,24-25H,3-14,23H2,1-2H3/t24-,25-. The quantitative estimate of drug-likeness (QED) is 0.175. The lowest BCUT2D eigenvalue weighted by Crippen LogP contribution is -2.15. The van der Waals surface area contributed by atoms with E-state index >= 15 is 0 Å². The van der Waals surface area contributed by atoms with Gasteiger partial charge in [-0.05, 0) is 73.1 Å². The van der Waals surface area contributed by atoms with Gasteiger partial charge in [0.25, 0.3) is 0 Å². The van der Waals surface area contributed by atoms with Crippen molar-refractivity contribution < 1.29 is 14.3 Å². The number of esters is 1. The summed E-state index contributed by atoms with van der Waals surface area (Å²) in [6, 6.07) is 15.2. The molecule has 0 aliphatic heterocycles. The minimum Gasteiger partial charge on any atom is -0.494 e. The van der Waals surface area contributed by atoms with Gasteiger partial charge in [-0.15, -0.1) is 0 Å². The summed E-state index contributed by atoms with van der Waals surface area (Å²) in [6.45, 7) is 5.14. The summed E-state index contributed by atoms with van der Waals surface area (Å²) < 4.78 is 11.2. The van der Waals surface area contributed by atoms with Crippen LogP contribution in [-0.2, 0) is 6.42 Å². The number of rotatable bonds is 13. The number of benzene rings is 2. The van der Waals surface area contributed by atoms with Crippen LogP contribution in [0.15, 0.2) is 48.5 Å². The molecular formula is C30H42O3. The monoisotopic (exact) mass is 450 g/mol. The SMILES string of the molecule is CCCCC[C@H]1CC[C@H](CCc2ccc(C(=O)Oc3ccc(OCCCC)cc3)cc2)CC1. The second-order valence-corrected chi connectivity index (χ2v) is 9.68. The minimum atomic E-state index is -0.317. The fraction of sp³-hybridized carbons (Fsp3) is 0.567. The van der Waals surface area contributed by atoms with Gasteiger partial charge < -0.3 is 9.47 Å². The lowest BCUT2D eigenvalue weighted by molar-refractivity contribution is 0.0734. The Bertz CT molecular complexity index is 801. The van der Waals surface area contributed by atoms with E-state index in [1.54, 1.807) is 12.1 Å². The summed E-state index contributed by atoms with van der Waals surface area (Å²) >= 11 is 0. The number of ether oxygens (including phenoxy) is 2. The maximum Gasteiger partial charge on any atom is 0.343 e. The predicted molar refractivity (Wildman–Crippen MR) is 136 cm³/mol. The number of hydrogen-bond acceptors (Lipinski definition) is 3. The summed E-state index contributed by atoms with van der Waals surface area (Å²) in [5.41, 5.74) is 1.90. The molecule has 2 aromatic carbocycles. The maximum absolute atomic E-state index is 12.5.